The highest BCUT2D eigenvalue weighted by Gasteiger charge is 2.17. The van der Waals surface area contributed by atoms with Gasteiger partial charge in [-0.25, -0.2) is 0 Å². The van der Waals surface area contributed by atoms with Crippen LogP contribution in [-0.4, -0.2) is 30.4 Å². The lowest BCUT2D eigenvalue weighted by Crippen LogP contribution is -2.33. The molecule has 0 aliphatic heterocycles. The summed E-state index contributed by atoms with van der Waals surface area (Å²) in [5, 5.41) is 2.92. The fraction of sp³-hybridized carbons (Fsp3) is 0.588. The van der Waals surface area contributed by atoms with E-state index in [1.807, 2.05) is 12.1 Å². The minimum Gasteiger partial charge on any atom is -0.399 e. The average Bonchev–Trinajstić information content (AvgIpc) is 2.76. The summed E-state index contributed by atoms with van der Waals surface area (Å²) in [6.45, 7) is 0.825. The molecule has 0 radical (unpaired) electrons. The summed E-state index contributed by atoms with van der Waals surface area (Å²) in [4.78, 5) is 14.3. The molecule has 1 saturated carbocycles. The number of amides is 1. The van der Waals surface area contributed by atoms with Gasteiger partial charge in [0.1, 0.15) is 0 Å². The summed E-state index contributed by atoms with van der Waals surface area (Å²) in [6, 6.07) is 7.92. The summed E-state index contributed by atoms with van der Waals surface area (Å²) in [7, 11) is 2.15. The molecule has 1 aromatic carbocycles. The van der Waals surface area contributed by atoms with E-state index in [9.17, 15) is 4.79 Å². The number of nitrogens with two attached hydrogens (primary N) is 1. The van der Waals surface area contributed by atoms with Crippen molar-refractivity contribution >= 4 is 17.3 Å². The number of nitrogens with one attached hydrogen (secondary N) is 1. The third kappa shape index (κ3) is 5.38. The third-order valence-electron chi connectivity index (χ3n) is 4.33. The van der Waals surface area contributed by atoms with Crippen LogP contribution in [0.15, 0.2) is 24.3 Å². The van der Waals surface area contributed by atoms with Crippen molar-refractivity contribution in [2.45, 2.75) is 51.0 Å². The van der Waals surface area contributed by atoms with Crippen molar-refractivity contribution < 1.29 is 4.79 Å². The highest BCUT2D eigenvalue weighted by molar-refractivity contribution is 5.90. The van der Waals surface area contributed by atoms with E-state index < -0.39 is 0 Å². The van der Waals surface area contributed by atoms with E-state index in [0.29, 0.717) is 18.2 Å². The number of hydrogen-bond donors (Lipinski definition) is 2. The van der Waals surface area contributed by atoms with Gasteiger partial charge in [-0.3, -0.25) is 4.79 Å². The molecule has 0 atom stereocenters. The lowest BCUT2D eigenvalue weighted by atomic mass is 10.1. The van der Waals surface area contributed by atoms with Crippen LogP contribution in [0.5, 0.6) is 0 Å². The van der Waals surface area contributed by atoms with Gasteiger partial charge in [0.2, 0.25) is 5.91 Å². The van der Waals surface area contributed by atoms with Gasteiger partial charge in [0, 0.05) is 30.4 Å². The van der Waals surface area contributed by atoms with Gasteiger partial charge in [-0.2, -0.15) is 0 Å². The molecule has 0 spiro atoms. The number of anilines is 2. The molecule has 0 heterocycles. The lowest BCUT2D eigenvalue weighted by molar-refractivity contribution is -0.116. The molecule has 0 bridgehead atoms. The molecule has 4 nitrogen and oxygen atoms in total. The molecule has 0 unspecified atom stereocenters. The van der Waals surface area contributed by atoms with Crippen molar-refractivity contribution in [3.05, 3.63) is 24.3 Å². The molecule has 21 heavy (non-hydrogen) atoms. The minimum absolute atomic E-state index is 0.0697. The Morgan fingerprint density at radius 2 is 1.81 bits per heavy atom. The molecule has 116 valence electrons. The normalized spacial score (nSPS) is 16.7. The highest BCUT2D eigenvalue weighted by atomic mass is 16.1. The molecule has 1 aromatic rings. The predicted molar refractivity (Wildman–Crippen MR) is 88.2 cm³/mol. The van der Waals surface area contributed by atoms with Crippen LogP contribution < -0.4 is 11.1 Å². The fourth-order valence-electron chi connectivity index (χ4n) is 2.95. The van der Waals surface area contributed by atoms with Gasteiger partial charge >= 0.3 is 0 Å². The van der Waals surface area contributed by atoms with Crippen LogP contribution in [0.25, 0.3) is 0 Å². The molecular formula is C17H27N3O. The van der Waals surface area contributed by atoms with Crippen LogP contribution in [0.4, 0.5) is 11.4 Å². The van der Waals surface area contributed by atoms with Crippen LogP contribution in [-0.2, 0) is 4.79 Å². The van der Waals surface area contributed by atoms with Crippen LogP contribution in [0, 0.1) is 0 Å². The van der Waals surface area contributed by atoms with E-state index in [-0.39, 0.29) is 5.91 Å². The Bertz CT molecular complexity index is 436. The first-order valence-electron chi connectivity index (χ1n) is 8.01. The second-order valence-corrected chi connectivity index (χ2v) is 6.05. The number of nitrogens with zero attached hydrogens (tertiary/aromatic N) is 1. The Labute approximate surface area is 127 Å². The lowest BCUT2D eigenvalue weighted by Gasteiger charge is -2.26. The first-order valence-corrected chi connectivity index (χ1v) is 8.01. The van der Waals surface area contributed by atoms with Crippen molar-refractivity contribution in [3.8, 4) is 0 Å². The fourth-order valence-corrected chi connectivity index (χ4v) is 2.95. The molecule has 1 aliphatic carbocycles. The molecule has 2 rings (SSSR count). The number of benzene rings is 1. The Kier molecular flexibility index (Phi) is 6.05. The Hall–Kier alpha value is -1.55. The number of carbonyl (C=O) groups is 1. The number of rotatable bonds is 5. The average molecular weight is 289 g/mol. The largest absolute Gasteiger partial charge is 0.399 e. The van der Waals surface area contributed by atoms with Gasteiger partial charge in [-0.05, 0) is 44.2 Å². The van der Waals surface area contributed by atoms with Gasteiger partial charge < -0.3 is 16.0 Å². The zero-order chi connectivity index (χ0) is 15.1. The van der Waals surface area contributed by atoms with Crippen molar-refractivity contribution in [2.75, 3.05) is 24.6 Å². The highest BCUT2D eigenvalue weighted by Crippen LogP contribution is 2.21. The molecule has 1 amide bonds. The Morgan fingerprint density at radius 1 is 1.19 bits per heavy atom. The maximum absolute atomic E-state index is 12.0. The standard InChI is InChI=1S/C17H27N3O/c1-20(16-6-4-2-3-5-7-16)13-12-17(21)19-15-10-8-14(18)9-11-15/h8-11,16H,2-7,12-13,18H2,1H3,(H,19,21). The van der Waals surface area contributed by atoms with Gasteiger partial charge in [0.15, 0.2) is 0 Å². The van der Waals surface area contributed by atoms with Crippen LogP contribution in [0.3, 0.4) is 0 Å². The monoisotopic (exact) mass is 289 g/mol. The summed E-state index contributed by atoms with van der Waals surface area (Å²) in [5.74, 6) is 0.0697. The zero-order valence-corrected chi connectivity index (χ0v) is 13.0. The predicted octanol–water partition coefficient (Wildman–Crippen LogP) is 3.25. The summed E-state index contributed by atoms with van der Waals surface area (Å²) >= 11 is 0. The quantitative estimate of drug-likeness (QED) is 0.646. The molecule has 0 saturated heterocycles. The topological polar surface area (TPSA) is 58.4 Å². The molecule has 0 aromatic heterocycles. The summed E-state index contributed by atoms with van der Waals surface area (Å²) in [5.41, 5.74) is 7.15. The zero-order valence-electron chi connectivity index (χ0n) is 13.0. The maximum atomic E-state index is 12.0. The second kappa shape index (κ2) is 8.03. The molecule has 1 aliphatic rings. The van der Waals surface area contributed by atoms with Gasteiger partial charge in [-0.1, -0.05) is 25.7 Å². The van der Waals surface area contributed by atoms with Crippen molar-refractivity contribution in [3.63, 3.8) is 0 Å². The van der Waals surface area contributed by atoms with Gasteiger partial charge in [-0.15, -0.1) is 0 Å². The summed E-state index contributed by atoms with van der Waals surface area (Å²) < 4.78 is 0. The number of hydrogen-bond acceptors (Lipinski definition) is 3. The number of nitrogen functional groups attached to an aromatic ring is 1. The van der Waals surface area contributed by atoms with E-state index in [1.165, 1.54) is 38.5 Å². The first kappa shape index (κ1) is 15.8. The van der Waals surface area contributed by atoms with E-state index in [1.54, 1.807) is 12.1 Å². The molecular weight excluding hydrogens is 262 g/mol. The Balaban J connectivity index is 1.73. The van der Waals surface area contributed by atoms with E-state index >= 15 is 0 Å². The molecule has 4 heteroatoms. The van der Waals surface area contributed by atoms with Crippen LogP contribution in [0.2, 0.25) is 0 Å². The smallest absolute Gasteiger partial charge is 0.225 e. The molecule has 1 fully saturated rings. The minimum atomic E-state index is 0.0697. The van der Waals surface area contributed by atoms with Crippen LogP contribution in [0.1, 0.15) is 44.9 Å². The van der Waals surface area contributed by atoms with Crippen molar-refractivity contribution in [2.24, 2.45) is 0 Å². The second-order valence-electron chi connectivity index (χ2n) is 6.05. The maximum Gasteiger partial charge on any atom is 0.225 e. The number of carbonyl (C=O) groups excluding carboxylic acids is 1. The molecule has 3 N–H and O–H groups in total. The van der Waals surface area contributed by atoms with E-state index in [2.05, 4.69) is 17.3 Å². The van der Waals surface area contributed by atoms with Crippen molar-refractivity contribution in [1.29, 1.82) is 0 Å². The van der Waals surface area contributed by atoms with E-state index in [4.69, 9.17) is 5.73 Å². The van der Waals surface area contributed by atoms with Crippen LogP contribution >= 0.6 is 0 Å². The SMILES string of the molecule is CN(CCC(=O)Nc1ccc(N)cc1)C1CCCCCC1. The van der Waals surface area contributed by atoms with Gasteiger partial charge in [0.25, 0.3) is 0 Å². The Morgan fingerprint density at radius 3 is 2.43 bits per heavy atom. The van der Waals surface area contributed by atoms with Crippen molar-refractivity contribution in [1.82, 2.24) is 4.90 Å². The van der Waals surface area contributed by atoms with Gasteiger partial charge in [0.05, 0.1) is 0 Å². The summed E-state index contributed by atoms with van der Waals surface area (Å²) in [6.07, 6.45) is 8.47. The third-order valence-corrected chi connectivity index (χ3v) is 4.33. The van der Waals surface area contributed by atoms with E-state index in [0.717, 1.165) is 12.2 Å². The first-order chi connectivity index (χ1) is 10.1.